The smallest absolute Gasteiger partial charge is 0.191 e. The second kappa shape index (κ2) is 13.5. The molecule has 1 aromatic heterocycles. The first-order valence-electron chi connectivity index (χ1n) is 10.3. The maximum Gasteiger partial charge on any atom is 0.191 e. The Morgan fingerprint density at radius 1 is 1.20 bits per heavy atom. The molecule has 8 heteroatoms. The monoisotopic (exact) mass is 527 g/mol. The molecule has 1 atom stereocenters. The zero-order valence-corrected chi connectivity index (χ0v) is 19.7. The van der Waals surface area contributed by atoms with Crippen molar-refractivity contribution >= 4 is 29.9 Å². The first kappa shape index (κ1) is 24.5. The molecule has 30 heavy (non-hydrogen) atoms. The van der Waals surface area contributed by atoms with Crippen molar-refractivity contribution in [3.05, 3.63) is 65.7 Å². The zero-order chi connectivity index (χ0) is 20.3. The first-order chi connectivity index (χ1) is 14.3. The second-order valence-corrected chi connectivity index (χ2v) is 6.94. The maximum atomic E-state index is 13.8. The Balaban J connectivity index is 0.00000320. The van der Waals surface area contributed by atoms with Crippen LogP contribution in [-0.4, -0.2) is 61.8 Å². The molecule has 0 radical (unpaired) electrons. The predicted molar refractivity (Wildman–Crippen MR) is 129 cm³/mol. The van der Waals surface area contributed by atoms with Gasteiger partial charge in [0.2, 0.25) is 0 Å². The summed E-state index contributed by atoms with van der Waals surface area (Å²) in [5.74, 6) is 0.545. The summed E-state index contributed by atoms with van der Waals surface area (Å²) in [6.45, 7) is 7.13. The van der Waals surface area contributed by atoms with Crippen LogP contribution < -0.4 is 10.6 Å². The molecule has 3 rings (SSSR count). The molecule has 1 saturated heterocycles. The van der Waals surface area contributed by atoms with Gasteiger partial charge in [0.25, 0.3) is 0 Å². The van der Waals surface area contributed by atoms with Crippen LogP contribution in [0.1, 0.15) is 24.2 Å². The van der Waals surface area contributed by atoms with E-state index in [1.807, 2.05) is 31.2 Å². The van der Waals surface area contributed by atoms with Gasteiger partial charge in [0.1, 0.15) is 5.82 Å². The molecular formula is C22H31FIN5O. The number of aromatic nitrogens is 1. The van der Waals surface area contributed by atoms with Crippen LogP contribution in [0, 0.1) is 5.82 Å². The summed E-state index contributed by atoms with van der Waals surface area (Å²) >= 11 is 0. The molecule has 0 spiro atoms. The number of aliphatic imine (C=N–C) groups is 1. The number of benzene rings is 1. The Kier molecular flexibility index (Phi) is 11.0. The maximum absolute atomic E-state index is 13.8. The van der Waals surface area contributed by atoms with Gasteiger partial charge in [0.05, 0.1) is 25.8 Å². The average Bonchev–Trinajstić information content (AvgIpc) is 2.75. The molecule has 0 saturated carbocycles. The van der Waals surface area contributed by atoms with Crippen molar-refractivity contribution in [2.75, 3.05) is 45.9 Å². The van der Waals surface area contributed by atoms with E-state index in [0.717, 1.165) is 49.8 Å². The third-order valence-corrected chi connectivity index (χ3v) is 4.89. The van der Waals surface area contributed by atoms with Crippen molar-refractivity contribution < 1.29 is 9.13 Å². The van der Waals surface area contributed by atoms with Crippen LogP contribution in [0.4, 0.5) is 4.39 Å². The highest BCUT2D eigenvalue weighted by Gasteiger charge is 2.23. The first-order valence-corrected chi connectivity index (χ1v) is 10.3. The number of hydrogen-bond acceptors (Lipinski definition) is 4. The van der Waals surface area contributed by atoms with Gasteiger partial charge in [-0.25, -0.2) is 4.39 Å². The number of hydrogen-bond donors (Lipinski definition) is 2. The van der Waals surface area contributed by atoms with Crippen LogP contribution in [0.2, 0.25) is 0 Å². The molecule has 1 aliphatic rings. The topological polar surface area (TPSA) is 61.8 Å². The molecule has 0 bridgehead atoms. The third-order valence-electron chi connectivity index (χ3n) is 4.89. The largest absolute Gasteiger partial charge is 0.379 e. The fraction of sp³-hybridized carbons (Fsp3) is 0.455. The lowest BCUT2D eigenvalue weighted by Crippen LogP contribution is -2.42. The highest BCUT2D eigenvalue weighted by atomic mass is 127. The van der Waals surface area contributed by atoms with Crippen LogP contribution in [0.15, 0.2) is 53.7 Å². The van der Waals surface area contributed by atoms with Gasteiger partial charge < -0.3 is 15.4 Å². The molecule has 164 valence electrons. The number of halogens is 2. The van der Waals surface area contributed by atoms with E-state index in [-0.39, 0.29) is 35.8 Å². The fourth-order valence-electron chi connectivity index (χ4n) is 3.41. The second-order valence-electron chi connectivity index (χ2n) is 6.94. The summed E-state index contributed by atoms with van der Waals surface area (Å²) in [5, 5.41) is 6.66. The standard InChI is InChI=1S/C22H30FN5O.HI/c1-2-24-22(26-11-9-20-8-3-4-10-25-20)27-17-21(28-12-14-29-15-13-28)18-6-5-7-19(23)16-18;/h3-8,10,16,21H,2,9,11-15,17H2,1H3,(H2,24,26,27);1H. The Labute approximate surface area is 195 Å². The Hall–Kier alpha value is -1.78. The fourth-order valence-corrected chi connectivity index (χ4v) is 3.41. The lowest BCUT2D eigenvalue weighted by atomic mass is 10.0. The van der Waals surface area contributed by atoms with Crippen molar-refractivity contribution in [1.29, 1.82) is 0 Å². The summed E-state index contributed by atoms with van der Waals surface area (Å²) in [5.41, 5.74) is 1.99. The minimum atomic E-state index is -0.217. The van der Waals surface area contributed by atoms with Crippen LogP contribution in [0.3, 0.4) is 0 Å². The van der Waals surface area contributed by atoms with Gasteiger partial charge in [0, 0.05) is 44.5 Å². The molecular weight excluding hydrogens is 496 g/mol. The molecule has 1 aliphatic heterocycles. The Morgan fingerprint density at radius 3 is 2.73 bits per heavy atom. The lowest BCUT2D eigenvalue weighted by molar-refractivity contribution is 0.0179. The van der Waals surface area contributed by atoms with Gasteiger partial charge in [-0.3, -0.25) is 14.9 Å². The van der Waals surface area contributed by atoms with Crippen molar-refractivity contribution in [3.63, 3.8) is 0 Å². The number of rotatable bonds is 8. The van der Waals surface area contributed by atoms with E-state index in [4.69, 9.17) is 9.73 Å². The quantitative estimate of drug-likeness (QED) is 0.314. The number of morpholine rings is 1. The molecule has 1 aromatic carbocycles. The van der Waals surface area contributed by atoms with Crippen molar-refractivity contribution in [1.82, 2.24) is 20.5 Å². The molecule has 2 N–H and O–H groups in total. The number of nitrogens with one attached hydrogen (secondary N) is 2. The van der Waals surface area contributed by atoms with Crippen molar-refractivity contribution in [2.24, 2.45) is 4.99 Å². The lowest BCUT2D eigenvalue weighted by Gasteiger charge is -2.34. The summed E-state index contributed by atoms with van der Waals surface area (Å²) in [6.07, 6.45) is 2.63. The molecule has 2 aromatic rings. The molecule has 6 nitrogen and oxygen atoms in total. The van der Waals surface area contributed by atoms with Gasteiger partial charge in [-0.15, -0.1) is 24.0 Å². The van der Waals surface area contributed by atoms with E-state index in [2.05, 4.69) is 20.5 Å². The molecule has 0 amide bonds. The minimum Gasteiger partial charge on any atom is -0.379 e. The van der Waals surface area contributed by atoms with E-state index >= 15 is 0 Å². The third kappa shape index (κ3) is 7.81. The van der Waals surface area contributed by atoms with Gasteiger partial charge >= 0.3 is 0 Å². The Bertz CT molecular complexity index is 771. The van der Waals surface area contributed by atoms with E-state index in [1.165, 1.54) is 6.07 Å². The van der Waals surface area contributed by atoms with Crippen molar-refractivity contribution in [2.45, 2.75) is 19.4 Å². The normalized spacial score (nSPS) is 15.9. The summed E-state index contributed by atoms with van der Waals surface area (Å²) < 4.78 is 19.3. The predicted octanol–water partition coefficient (Wildman–Crippen LogP) is 3.01. The highest BCUT2D eigenvalue weighted by Crippen LogP contribution is 2.23. The zero-order valence-electron chi connectivity index (χ0n) is 17.4. The number of guanidine groups is 1. The average molecular weight is 527 g/mol. The summed E-state index contributed by atoms with van der Waals surface area (Å²) in [4.78, 5) is 11.5. The number of ether oxygens (including phenoxy) is 1. The highest BCUT2D eigenvalue weighted by molar-refractivity contribution is 14.0. The van der Waals surface area contributed by atoms with Crippen LogP contribution in [0.5, 0.6) is 0 Å². The number of pyridine rings is 1. The molecule has 2 heterocycles. The molecule has 1 unspecified atom stereocenters. The SMILES string of the molecule is CCNC(=NCC(c1cccc(F)c1)N1CCOCC1)NCCc1ccccn1.I. The van der Waals surface area contributed by atoms with E-state index in [9.17, 15) is 4.39 Å². The minimum absolute atomic E-state index is 0. The van der Waals surface area contributed by atoms with Crippen molar-refractivity contribution in [3.8, 4) is 0 Å². The van der Waals surface area contributed by atoms with E-state index in [0.29, 0.717) is 19.8 Å². The van der Waals surface area contributed by atoms with Gasteiger partial charge in [0.15, 0.2) is 5.96 Å². The number of nitrogens with zero attached hydrogens (tertiary/aromatic N) is 3. The van der Waals surface area contributed by atoms with Gasteiger partial charge in [-0.05, 0) is 36.8 Å². The van der Waals surface area contributed by atoms with Crippen LogP contribution in [0.25, 0.3) is 0 Å². The van der Waals surface area contributed by atoms with Crippen LogP contribution >= 0.6 is 24.0 Å². The van der Waals surface area contributed by atoms with E-state index < -0.39 is 0 Å². The van der Waals surface area contributed by atoms with E-state index in [1.54, 1.807) is 18.3 Å². The molecule has 0 aliphatic carbocycles. The van der Waals surface area contributed by atoms with Gasteiger partial charge in [-0.2, -0.15) is 0 Å². The summed E-state index contributed by atoms with van der Waals surface area (Å²) in [7, 11) is 0. The molecule has 1 fully saturated rings. The Morgan fingerprint density at radius 2 is 2.03 bits per heavy atom. The van der Waals surface area contributed by atoms with Crippen LogP contribution in [-0.2, 0) is 11.2 Å². The summed E-state index contributed by atoms with van der Waals surface area (Å²) in [6, 6.07) is 12.8. The van der Waals surface area contributed by atoms with Gasteiger partial charge in [-0.1, -0.05) is 18.2 Å².